The Hall–Kier alpha value is -0.770. The number of carbonyl (C=O) groups is 2. The summed E-state index contributed by atoms with van der Waals surface area (Å²) in [6.07, 6.45) is 0.365. The molecular formula is C9H15ClN2O2. The van der Waals surface area contributed by atoms with Crippen molar-refractivity contribution in [1.82, 2.24) is 10.6 Å². The molecule has 0 aromatic heterocycles. The monoisotopic (exact) mass is 218 g/mol. The minimum Gasteiger partial charge on any atom is -0.354 e. The van der Waals surface area contributed by atoms with Gasteiger partial charge in [-0.3, -0.25) is 9.59 Å². The molecule has 14 heavy (non-hydrogen) atoms. The predicted octanol–water partition coefficient (Wildman–Crippen LogP) is 0.256. The van der Waals surface area contributed by atoms with Gasteiger partial charge >= 0.3 is 0 Å². The van der Waals surface area contributed by atoms with Crippen LogP contribution in [0.4, 0.5) is 0 Å². The van der Waals surface area contributed by atoms with Crippen LogP contribution in [-0.4, -0.2) is 30.3 Å². The molecule has 0 aromatic rings. The molecule has 0 bridgehead atoms. The third-order valence-electron chi connectivity index (χ3n) is 2.26. The lowest BCUT2D eigenvalue weighted by atomic mass is 9.95. The van der Waals surface area contributed by atoms with Gasteiger partial charge in [0.2, 0.25) is 11.8 Å². The van der Waals surface area contributed by atoms with Crippen molar-refractivity contribution in [1.29, 1.82) is 0 Å². The summed E-state index contributed by atoms with van der Waals surface area (Å²) >= 11 is 5.66. The zero-order valence-corrected chi connectivity index (χ0v) is 9.15. The average molecular weight is 219 g/mol. The van der Waals surface area contributed by atoms with E-state index < -0.39 is 5.41 Å². The van der Waals surface area contributed by atoms with Gasteiger partial charge in [-0.15, -0.1) is 11.6 Å². The van der Waals surface area contributed by atoms with E-state index in [-0.39, 0.29) is 23.7 Å². The fraction of sp³-hybridized carbons (Fsp3) is 0.778. The van der Waals surface area contributed by atoms with E-state index in [4.69, 9.17) is 11.6 Å². The smallest absolute Gasteiger partial charge is 0.227 e. The summed E-state index contributed by atoms with van der Waals surface area (Å²) in [5.74, 6) is 0.153. The molecule has 80 valence electrons. The first-order valence-corrected chi connectivity index (χ1v) is 5.13. The average Bonchev–Trinajstić information content (AvgIpc) is 2.51. The highest BCUT2D eigenvalue weighted by Gasteiger charge is 2.30. The first kappa shape index (κ1) is 11.3. The van der Waals surface area contributed by atoms with Crippen molar-refractivity contribution in [2.24, 2.45) is 5.41 Å². The van der Waals surface area contributed by atoms with Crippen LogP contribution >= 0.6 is 11.6 Å². The number of alkyl halides is 1. The van der Waals surface area contributed by atoms with Crippen molar-refractivity contribution in [2.45, 2.75) is 26.3 Å². The number of hydrogen-bond donors (Lipinski definition) is 2. The number of amides is 2. The van der Waals surface area contributed by atoms with Gasteiger partial charge in [0.05, 0.1) is 11.5 Å². The van der Waals surface area contributed by atoms with Crippen molar-refractivity contribution < 1.29 is 9.59 Å². The number of hydrogen-bond acceptors (Lipinski definition) is 2. The van der Waals surface area contributed by atoms with Crippen molar-refractivity contribution in [3.63, 3.8) is 0 Å². The van der Waals surface area contributed by atoms with Gasteiger partial charge in [-0.25, -0.2) is 0 Å². The summed E-state index contributed by atoms with van der Waals surface area (Å²) in [7, 11) is 0. The van der Waals surface area contributed by atoms with E-state index in [9.17, 15) is 9.59 Å². The van der Waals surface area contributed by atoms with E-state index in [1.807, 2.05) is 0 Å². The lowest BCUT2D eigenvalue weighted by Gasteiger charge is -2.22. The second kappa shape index (κ2) is 4.17. The maximum Gasteiger partial charge on any atom is 0.227 e. The predicted molar refractivity (Wildman–Crippen MR) is 54.1 cm³/mol. The molecule has 0 saturated carbocycles. The molecule has 5 heteroatoms. The Morgan fingerprint density at radius 3 is 2.79 bits per heavy atom. The van der Waals surface area contributed by atoms with Gasteiger partial charge in [0.1, 0.15) is 0 Å². The quantitative estimate of drug-likeness (QED) is 0.668. The number of rotatable bonds is 3. The first-order chi connectivity index (χ1) is 6.45. The lowest BCUT2D eigenvalue weighted by molar-refractivity contribution is -0.128. The molecule has 4 nitrogen and oxygen atoms in total. The van der Waals surface area contributed by atoms with Crippen LogP contribution in [0.1, 0.15) is 20.3 Å². The van der Waals surface area contributed by atoms with Gasteiger partial charge in [-0.1, -0.05) is 0 Å². The lowest BCUT2D eigenvalue weighted by Crippen LogP contribution is -2.44. The topological polar surface area (TPSA) is 58.2 Å². The third kappa shape index (κ3) is 2.61. The minimum atomic E-state index is -0.576. The van der Waals surface area contributed by atoms with Crippen LogP contribution in [0.5, 0.6) is 0 Å². The minimum absolute atomic E-state index is 0.0148. The molecule has 0 spiro atoms. The largest absolute Gasteiger partial charge is 0.354 e. The van der Waals surface area contributed by atoms with Gasteiger partial charge in [0.15, 0.2) is 0 Å². The Kier molecular flexibility index (Phi) is 3.37. The Labute approximate surface area is 88.4 Å². The van der Waals surface area contributed by atoms with Gasteiger partial charge in [-0.05, 0) is 13.8 Å². The Balaban J connectivity index is 2.45. The molecule has 1 fully saturated rings. The maximum absolute atomic E-state index is 11.6. The summed E-state index contributed by atoms with van der Waals surface area (Å²) in [5, 5.41) is 5.45. The molecule has 1 unspecified atom stereocenters. The van der Waals surface area contributed by atoms with Gasteiger partial charge < -0.3 is 10.6 Å². The summed E-state index contributed by atoms with van der Waals surface area (Å²) in [5.41, 5.74) is -0.576. The summed E-state index contributed by atoms with van der Waals surface area (Å²) in [6, 6.07) is -0.0857. The van der Waals surface area contributed by atoms with Crippen molar-refractivity contribution in [2.75, 3.05) is 12.4 Å². The molecule has 1 aliphatic heterocycles. The van der Waals surface area contributed by atoms with E-state index >= 15 is 0 Å². The zero-order chi connectivity index (χ0) is 10.8. The SMILES string of the molecule is CC(C)(CCl)C(=O)NC1CNC(=O)C1. The normalized spacial score (nSPS) is 21.9. The van der Waals surface area contributed by atoms with E-state index in [1.165, 1.54) is 0 Å². The van der Waals surface area contributed by atoms with Crippen LogP contribution in [0.2, 0.25) is 0 Å². The van der Waals surface area contributed by atoms with Crippen LogP contribution in [-0.2, 0) is 9.59 Å². The third-order valence-corrected chi connectivity index (χ3v) is 2.93. The van der Waals surface area contributed by atoms with Gasteiger partial charge in [-0.2, -0.15) is 0 Å². The molecule has 2 N–H and O–H groups in total. The second-order valence-electron chi connectivity index (χ2n) is 4.20. The number of nitrogens with one attached hydrogen (secondary N) is 2. The highest BCUT2D eigenvalue weighted by Crippen LogP contribution is 2.17. The van der Waals surface area contributed by atoms with E-state index in [0.29, 0.717) is 13.0 Å². The molecule has 0 aromatic carbocycles. The first-order valence-electron chi connectivity index (χ1n) is 4.59. The molecule has 1 saturated heterocycles. The number of carbonyl (C=O) groups excluding carboxylic acids is 2. The van der Waals surface area contributed by atoms with Crippen molar-refractivity contribution in [3.8, 4) is 0 Å². The van der Waals surface area contributed by atoms with Crippen molar-refractivity contribution in [3.05, 3.63) is 0 Å². The zero-order valence-electron chi connectivity index (χ0n) is 8.39. The van der Waals surface area contributed by atoms with Crippen LogP contribution in [0.25, 0.3) is 0 Å². The van der Waals surface area contributed by atoms with Gasteiger partial charge in [0, 0.05) is 18.8 Å². The van der Waals surface area contributed by atoms with E-state index in [2.05, 4.69) is 10.6 Å². The van der Waals surface area contributed by atoms with E-state index in [1.54, 1.807) is 13.8 Å². The fourth-order valence-corrected chi connectivity index (χ4v) is 1.27. The highest BCUT2D eigenvalue weighted by molar-refractivity contribution is 6.19. The van der Waals surface area contributed by atoms with Crippen LogP contribution in [0, 0.1) is 5.41 Å². The molecule has 0 aliphatic carbocycles. The number of halogens is 1. The maximum atomic E-state index is 11.6. The molecule has 2 amide bonds. The summed E-state index contributed by atoms with van der Waals surface area (Å²) in [4.78, 5) is 22.5. The van der Waals surface area contributed by atoms with E-state index in [0.717, 1.165) is 0 Å². The molecule has 1 rings (SSSR count). The van der Waals surface area contributed by atoms with Crippen molar-refractivity contribution >= 4 is 23.4 Å². The van der Waals surface area contributed by atoms with Crippen LogP contribution < -0.4 is 10.6 Å². The van der Waals surface area contributed by atoms with Gasteiger partial charge in [0.25, 0.3) is 0 Å². The molecule has 1 heterocycles. The molecule has 0 radical (unpaired) electrons. The Morgan fingerprint density at radius 1 is 1.71 bits per heavy atom. The standard InChI is InChI=1S/C9H15ClN2O2/c1-9(2,5-10)8(14)12-6-3-7(13)11-4-6/h6H,3-5H2,1-2H3,(H,11,13)(H,12,14). The molecular weight excluding hydrogens is 204 g/mol. The van der Waals surface area contributed by atoms with Crippen LogP contribution in [0.3, 0.4) is 0 Å². The molecule has 1 atom stereocenters. The Bertz CT molecular complexity index is 253. The fourth-order valence-electron chi connectivity index (χ4n) is 1.15. The Morgan fingerprint density at radius 2 is 2.36 bits per heavy atom. The second-order valence-corrected chi connectivity index (χ2v) is 4.46. The van der Waals surface area contributed by atoms with Crippen LogP contribution in [0.15, 0.2) is 0 Å². The highest BCUT2D eigenvalue weighted by atomic mass is 35.5. The summed E-state index contributed by atoms with van der Waals surface area (Å²) in [6.45, 7) is 4.07. The molecule has 1 aliphatic rings. The summed E-state index contributed by atoms with van der Waals surface area (Å²) < 4.78 is 0.